The lowest BCUT2D eigenvalue weighted by atomic mass is 10.6. The summed E-state index contributed by atoms with van der Waals surface area (Å²) in [5, 5.41) is 9.97. The molecule has 0 fully saturated rings. The highest BCUT2D eigenvalue weighted by Crippen LogP contribution is 2.26. The van der Waals surface area contributed by atoms with Crippen molar-refractivity contribution in [2.75, 3.05) is 0 Å². The van der Waals surface area contributed by atoms with Crippen molar-refractivity contribution in [1.29, 1.82) is 0 Å². The van der Waals surface area contributed by atoms with Crippen LogP contribution in [0.15, 0.2) is 11.4 Å². The maximum absolute atomic E-state index is 10.00. The van der Waals surface area contributed by atoms with Crippen molar-refractivity contribution in [3.63, 3.8) is 0 Å². The van der Waals surface area contributed by atoms with Gasteiger partial charge >= 0.3 is 6.16 Å². The fourth-order valence-corrected chi connectivity index (χ4v) is 1.71. The van der Waals surface area contributed by atoms with Gasteiger partial charge in [-0.15, -0.1) is 11.3 Å². The quantitative estimate of drug-likeness (QED) is 0.629. The van der Waals surface area contributed by atoms with Crippen molar-refractivity contribution < 1.29 is 14.6 Å². The Balaban J connectivity index is 2.74. The van der Waals surface area contributed by atoms with E-state index in [4.69, 9.17) is 5.11 Å². The van der Waals surface area contributed by atoms with Crippen LogP contribution in [0.3, 0.4) is 0 Å². The van der Waals surface area contributed by atoms with E-state index in [-0.39, 0.29) is 0 Å². The maximum atomic E-state index is 10.00. The zero-order chi connectivity index (χ0) is 7.56. The van der Waals surface area contributed by atoms with Gasteiger partial charge in [-0.2, -0.15) is 0 Å². The van der Waals surface area contributed by atoms with E-state index < -0.39 is 6.16 Å². The molecule has 0 saturated heterocycles. The molecule has 0 aliphatic rings. The summed E-state index contributed by atoms with van der Waals surface area (Å²) in [4.78, 5) is 10.00. The second-order valence-corrected chi connectivity index (χ2v) is 4.15. The summed E-state index contributed by atoms with van der Waals surface area (Å²) in [7, 11) is 0. The van der Waals surface area contributed by atoms with Crippen LogP contribution >= 0.6 is 33.9 Å². The van der Waals surface area contributed by atoms with E-state index >= 15 is 0 Å². The summed E-state index contributed by atoms with van der Waals surface area (Å²) >= 11 is 3.46. The van der Waals surface area contributed by atoms with Crippen molar-refractivity contribution in [1.82, 2.24) is 0 Å². The lowest BCUT2D eigenvalue weighted by Crippen LogP contribution is -2.02. The van der Waals surface area contributed by atoms with E-state index in [1.54, 1.807) is 11.4 Å². The topological polar surface area (TPSA) is 46.5 Å². The standard InChI is InChI=1S/C5H3IO3S/c6-4-3(1-2-10-4)9-5(7)8/h1-2H,(H,7,8). The molecule has 0 radical (unpaired) electrons. The first kappa shape index (κ1) is 7.80. The minimum atomic E-state index is -1.27. The van der Waals surface area contributed by atoms with Crippen LogP contribution in [0.1, 0.15) is 0 Å². The predicted molar refractivity (Wildman–Crippen MR) is 45.7 cm³/mol. The van der Waals surface area contributed by atoms with Crippen LogP contribution in [0, 0.1) is 2.88 Å². The molecule has 1 aromatic rings. The fraction of sp³-hybridized carbons (Fsp3) is 0. The molecule has 0 bridgehead atoms. The summed E-state index contributed by atoms with van der Waals surface area (Å²) in [6, 6.07) is 1.63. The Morgan fingerprint density at radius 3 is 2.90 bits per heavy atom. The van der Waals surface area contributed by atoms with Crippen LogP contribution in [0.5, 0.6) is 5.75 Å². The first-order valence-electron chi connectivity index (χ1n) is 2.34. The SMILES string of the molecule is O=C(O)Oc1ccsc1I. The van der Waals surface area contributed by atoms with E-state index in [1.807, 2.05) is 22.6 Å². The van der Waals surface area contributed by atoms with Crippen molar-refractivity contribution >= 4 is 40.1 Å². The van der Waals surface area contributed by atoms with Crippen LogP contribution in [0.2, 0.25) is 0 Å². The number of hydrogen-bond acceptors (Lipinski definition) is 3. The smallest absolute Gasteiger partial charge is 0.449 e. The molecule has 0 amide bonds. The first-order valence-corrected chi connectivity index (χ1v) is 4.30. The van der Waals surface area contributed by atoms with Crippen LogP contribution in [0.25, 0.3) is 0 Å². The molecule has 0 saturated carbocycles. The molecule has 1 aromatic heterocycles. The molecule has 1 rings (SSSR count). The van der Waals surface area contributed by atoms with Crippen molar-refractivity contribution in [3.05, 3.63) is 14.3 Å². The average molecular weight is 270 g/mol. The largest absolute Gasteiger partial charge is 0.511 e. The van der Waals surface area contributed by atoms with Crippen molar-refractivity contribution in [2.24, 2.45) is 0 Å². The molecule has 54 valence electrons. The fourth-order valence-electron chi connectivity index (χ4n) is 0.447. The molecule has 0 unspecified atom stereocenters. The minimum absolute atomic E-state index is 0.415. The molecule has 0 aliphatic heterocycles. The number of carbonyl (C=O) groups is 1. The Morgan fingerprint density at radius 2 is 2.50 bits per heavy atom. The van der Waals surface area contributed by atoms with Gasteiger partial charge in [0.05, 0.1) is 0 Å². The van der Waals surface area contributed by atoms with Crippen LogP contribution in [-0.4, -0.2) is 11.3 Å². The van der Waals surface area contributed by atoms with Crippen LogP contribution < -0.4 is 4.74 Å². The molecular weight excluding hydrogens is 267 g/mol. The average Bonchev–Trinajstić information content (AvgIpc) is 2.15. The minimum Gasteiger partial charge on any atom is -0.449 e. The summed E-state index contributed by atoms with van der Waals surface area (Å²) in [5.74, 6) is 0.415. The molecular formula is C5H3IO3S. The summed E-state index contributed by atoms with van der Waals surface area (Å²) in [5.41, 5.74) is 0. The summed E-state index contributed by atoms with van der Waals surface area (Å²) in [6.07, 6.45) is -1.27. The Kier molecular flexibility index (Phi) is 2.50. The number of hydrogen-bond donors (Lipinski definition) is 1. The summed E-state index contributed by atoms with van der Waals surface area (Å²) < 4.78 is 5.25. The van der Waals surface area contributed by atoms with Gasteiger partial charge in [-0.05, 0) is 34.0 Å². The number of carboxylic acid groups (broad SMARTS) is 1. The normalized spacial score (nSPS) is 9.30. The van der Waals surface area contributed by atoms with E-state index in [0.29, 0.717) is 5.75 Å². The van der Waals surface area contributed by atoms with Crippen molar-refractivity contribution in [3.8, 4) is 5.75 Å². The van der Waals surface area contributed by atoms with Gasteiger partial charge in [-0.1, -0.05) is 0 Å². The second kappa shape index (κ2) is 3.20. The Bertz CT molecular complexity index is 245. The third-order valence-electron chi connectivity index (χ3n) is 0.782. The second-order valence-electron chi connectivity index (χ2n) is 1.43. The van der Waals surface area contributed by atoms with Gasteiger partial charge in [0.25, 0.3) is 0 Å². The lowest BCUT2D eigenvalue weighted by molar-refractivity contribution is 0.144. The Hall–Kier alpha value is -0.300. The molecule has 1 N–H and O–H groups in total. The van der Waals surface area contributed by atoms with Gasteiger partial charge in [-0.3, -0.25) is 0 Å². The molecule has 1 heterocycles. The molecule has 0 atom stereocenters. The Morgan fingerprint density at radius 1 is 1.80 bits per heavy atom. The highest BCUT2D eigenvalue weighted by molar-refractivity contribution is 14.1. The third kappa shape index (κ3) is 1.84. The Labute approximate surface area is 74.8 Å². The zero-order valence-electron chi connectivity index (χ0n) is 4.70. The molecule has 10 heavy (non-hydrogen) atoms. The highest BCUT2D eigenvalue weighted by Gasteiger charge is 2.05. The highest BCUT2D eigenvalue weighted by atomic mass is 127. The first-order chi connectivity index (χ1) is 4.70. The van der Waals surface area contributed by atoms with E-state index in [9.17, 15) is 4.79 Å². The number of halogens is 1. The molecule has 3 nitrogen and oxygen atoms in total. The number of thiophene rings is 1. The molecule has 0 aromatic carbocycles. The van der Waals surface area contributed by atoms with Gasteiger partial charge in [0, 0.05) is 0 Å². The third-order valence-corrected chi connectivity index (χ3v) is 2.76. The van der Waals surface area contributed by atoms with Crippen molar-refractivity contribution in [2.45, 2.75) is 0 Å². The van der Waals surface area contributed by atoms with E-state index in [2.05, 4.69) is 4.74 Å². The number of rotatable bonds is 1. The maximum Gasteiger partial charge on any atom is 0.511 e. The predicted octanol–water partition coefficient (Wildman–Crippen LogP) is 2.41. The molecule has 5 heteroatoms. The van der Waals surface area contributed by atoms with Gasteiger partial charge < -0.3 is 9.84 Å². The van der Waals surface area contributed by atoms with Crippen LogP contribution in [-0.2, 0) is 0 Å². The summed E-state index contributed by atoms with van der Waals surface area (Å²) in [6.45, 7) is 0. The lowest BCUT2D eigenvalue weighted by Gasteiger charge is -1.93. The van der Waals surface area contributed by atoms with Gasteiger partial charge in [0.15, 0.2) is 5.75 Å². The molecule has 0 spiro atoms. The van der Waals surface area contributed by atoms with Gasteiger partial charge in [0.2, 0.25) is 0 Å². The van der Waals surface area contributed by atoms with Gasteiger partial charge in [-0.25, -0.2) is 4.79 Å². The molecule has 0 aliphatic carbocycles. The van der Waals surface area contributed by atoms with Gasteiger partial charge in [0.1, 0.15) is 2.88 Å². The van der Waals surface area contributed by atoms with E-state index in [0.717, 1.165) is 2.88 Å². The zero-order valence-corrected chi connectivity index (χ0v) is 7.68. The monoisotopic (exact) mass is 270 g/mol. The van der Waals surface area contributed by atoms with E-state index in [1.165, 1.54) is 11.3 Å². The van der Waals surface area contributed by atoms with Crippen LogP contribution in [0.4, 0.5) is 4.79 Å². The number of ether oxygens (including phenoxy) is 1.